The topological polar surface area (TPSA) is 20.2 Å². The minimum Gasteiger partial charge on any atom is -0.408 e. The molecule has 0 aliphatic carbocycles. The number of halogens is 2. The van der Waals surface area contributed by atoms with E-state index in [2.05, 4.69) is 0 Å². The van der Waals surface area contributed by atoms with Crippen LogP contribution in [0.4, 0.5) is 0 Å². The van der Waals surface area contributed by atoms with Gasteiger partial charge in [-0.05, 0) is 0 Å². The molecule has 1 N–H and O–H groups in total. The van der Waals surface area contributed by atoms with Gasteiger partial charge in [-0.15, -0.1) is 22.2 Å². The van der Waals surface area contributed by atoms with Gasteiger partial charge in [0.25, 0.3) is 0 Å². The molecule has 0 amide bonds. The van der Waals surface area contributed by atoms with Crippen molar-refractivity contribution in [1.82, 2.24) is 0 Å². The fourth-order valence-corrected chi connectivity index (χ4v) is 0. The van der Waals surface area contributed by atoms with Crippen molar-refractivity contribution >= 4 is 29.8 Å². The minimum atomic E-state index is -1.94. The van der Waals surface area contributed by atoms with Gasteiger partial charge in [0.15, 0.2) is 0 Å². The van der Waals surface area contributed by atoms with E-state index in [1.54, 1.807) is 0 Å². The highest BCUT2D eigenvalue weighted by molar-refractivity contribution is 7.30. The Morgan fingerprint density at radius 1 is 1.50 bits per heavy atom. The van der Waals surface area contributed by atoms with Crippen LogP contribution in [-0.2, 0) is 0 Å². The van der Waals surface area contributed by atoms with E-state index < -0.39 is 7.66 Å². The summed E-state index contributed by atoms with van der Waals surface area (Å²) in [4.78, 5) is 7.69. The lowest BCUT2D eigenvalue weighted by molar-refractivity contribution is 0.614. The molecule has 0 aliphatic heterocycles. The fraction of sp³-hybridized carbons (Fsp3) is 0. The van der Waals surface area contributed by atoms with Gasteiger partial charge in [0, 0.05) is 0 Å². The van der Waals surface area contributed by atoms with Crippen molar-refractivity contribution in [3.05, 3.63) is 0 Å². The summed E-state index contributed by atoms with van der Waals surface area (Å²) in [6.45, 7) is 0. The molecular weight excluding hydrogens is 115 g/mol. The molecule has 0 saturated carbocycles. The second-order valence-corrected chi connectivity index (χ2v) is 3.45. The van der Waals surface area contributed by atoms with Gasteiger partial charge in [-0.3, -0.25) is 0 Å². The van der Waals surface area contributed by atoms with E-state index in [1.807, 2.05) is 0 Å². The molecular formula is HCl2OSi. The first-order valence-corrected chi connectivity index (χ1v) is 4.07. The molecule has 4 heavy (non-hydrogen) atoms. The van der Waals surface area contributed by atoms with Crippen LogP contribution in [0.2, 0.25) is 0 Å². The standard InChI is InChI=1S/Cl2HOSi/c1-4(2)3/h3H. The monoisotopic (exact) mass is 115 g/mol. The minimum absolute atomic E-state index is 1.94. The van der Waals surface area contributed by atoms with Crippen LogP contribution < -0.4 is 0 Å². The van der Waals surface area contributed by atoms with Crippen molar-refractivity contribution in [2.75, 3.05) is 0 Å². The Kier molecular flexibility index (Phi) is 2.41. The summed E-state index contributed by atoms with van der Waals surface area (Å²) >= 11 is 9.40. The molecule has 0 atom stereocenters. The van der Waals surface area contributed by atoms with Gasteiger partial charge in [0.05, 0.1) is 0 Å². The molecule has 0 fully saturated rings. The van der Waals surface area contributed by atoms with Crippen LogP contribution >= 0.6 is 22.2 Å². The van der Waals surface area contributed by atoms with Crippen LogP contribution in [0.1, 0.15) is 0 Å². The molecule has 0 aliphatic rings. The van der Waals surface area contributed by atoms with E-state index in [9.17, 15) is 0 Å². The number of hydrogen-bond donors (Lipinski definition) is 1. The quantitative estimate of drug-likeness (QED) is 0.359. The van der Waals surface area contributed by atoms with Gasteiger partial charge in [-0.2, -0.15) is 0 Å². The van der Waals surface area contributed by atoms with E-state index in [0.717, 1.165) is 0 Å². The molecule has 0 rings (SSSR count). The van der Waals surface area contributed by atoms with Crippen LogP contribution in [0.25, 0.3) is 0 Å². The van der Waals surface area contributed by atoms with Gasteiger partial charge in [0.1, 0.15) is 0 Å². The molecule has 0 aromatic heterocycles. The van der Waals surface area contributed by atoms with Crippen LogP contribution in [0.3, 0.4) is 0 Å². The Bertz CT molecular complexity index is 10.8. The molecule has 25 valence electrons. The summed E-state index contributed by atoms with van der Waals surface area (Å²) in [6.07, 6.45) is 0. The van der Waals surface area contributed by atoms with Crippen LogP contribution in [0.5, 0.6) is 0 Å². The summed E-state index contributed by atoms with van der Waals surface area (Å²) in [5, 5.41) is 0. The molecule has 0 aromatic carbocycles. The fourth-order valence-electron chi connectivity index (χ4n) is 0. The van der Waals surface area contributed by atoms with Crippen LogP contribution in [0.15, 0.2) is 0 Å². The molecule has 0 spiro atoms. The van der Waals surface area contributed by atoms with Crippen molar-refractivity contribution in [2.45, 2.75) is 0 Å². The average Bonchev–Trinajstić information content (AvgIpc) is 0.811. The molecule has 0 unspecified atom stereocenters. The van der Waals surface area contributed by atoms with Crippen molar-refractivity contribution in [3.8, 4) is 0 Å². The van der Waals surface area contributed by atoms with Gasteiger partial charge in [-0.25, -0.2) is 0 Å². The highest BCUT2D eigenvalue weighted by Gasteiger charge is 1.88. The molecule has 0 bridgehead atoms. The summed E-state index contributed by atoms with van der Waals surface area (Å²) in [7, 11) is -1.94. The molecule has 0 aromatic rings. The predicted molar refractivity (Wildman–Crippen MR) is 19.7 cm³/mol. The van der Waals surface area contributed by atoms with Gasteiger partial charge in [-0.1, -0.05) is 0 Å². The third-order valence-electron chi connectivity index (χ3n) is 0. The largest absolute Gasteiger partial charge is 0.435 e. The maximum Gasteiger partial charge on any atom is 0.435 e. The predicted octanol–water partition coefficient (Wildman–Crippen LogP) is 0.441. The van der Waals surface area contributed by atoms with Crippen molar-refractivity contribution in [2.24, 2.45) is 0 Å². The Morgan fingerprint density at radius 3 is 1.50 bits per heavy atom. The number of rotatable bonds is 0. The molecule has 4 heteroatoms. The maximum atomic E-state index is 7.69. The lowest BCUT2D eigenvalue weighted by Crippen LogP contribution is -1.83. The smallest absolute Gasteiger partial charge is 0.408 e. The zero-order valence-corrected chi connectivity index (χ0v) is 4.22. The van der Waals surface area contributed by atoms with E-state index in [1.165, 1.54) is 0 Å². The Balaban J connectivity index is 2.32. The zero-order chi connectivity index (χ0) is 3.58. The van der Waals surface area contributed by atoms with E-state index >= 15 is 0 Å². The molecule has 0 saturated heterocycles. The first-order chi connectivity index (χ1) is 1.73. The van der Waals surface area contributed by atoms with Crippen molar-refractivity contribution in [1.29, 1.82) is 0 Å². The SMILES string of the molecule is O[Si](Cl)Cl. The van der Waals surface area contributed by atoms with E-state index in [4.69, 9.17) is 27.0 Å². The average molecular weight is 116 g/mol. The van der Waals surface area contributed by atoms with Crippen molar-refractivity contribution in [3.63, 3.8) is 0 Å². The third-order valence-corrected chi connectivity index (χ3v) is 0. The van der Waals surface area contributed by atoms with E-state index in [-0.39, 0.29) is 0 Å². The van der Waals surface area contributed by atoms with Crippen LogP contribution in [0, 0.1) is 0 Å². The summed E-state index contributed by atoms with van der Waals surface area (Å²) < 4.78 is 0. The Hall–Kier alpha value is 0.757. The Morgan fingerprint density at radius 2 is 1.50 bits per heavy atom. The van der Waals surface area contributed by atoms with Crippen LogP contribution in [-0.4, -0.2) is 12.5 Å². The highest BCUT2D eigenvalue weighted by Crippen LogP contribution is 1.84. The maximum absolute atomic E-state index is 7.69. The van der Waals surface area contributed by atoms with Gasteiger partial charge < -0.3 is 4.80 Å². The highest BCUT2D eigenvalue weighted by atomic mass is 35.7. The Labute approximate surface area is 35.3 Å². The molecule has 0 heterocycles. The van der Waals surface area contributed by atoms with E-state index in [0.29, 0.717) is 0 Å². The lowest BCUT2D eigenvalue weighted by atomic mass is 15.9. The normalized spacial score (nSPS) is 9.00. The molecule has 1 radical (unpaired) electrons. The van der Waals surface area contributed by atoms with Gasteiger partial charge >= 0.3 is 7.66 Å². The zero-order valence-electron chi connectivity index (χ0n) is 1.70. The first-order valence-electron chi connectivity index (χ1n) is 0.602. The second kappa shape index (κ2) is 2.02. The first kappa shape index (κ1) is 4.76. The second-order valence-electron chi connectivity index (χ2n) is 0.240. The van der Waals surface area contributed by atoms with Gasteiger partial charge in [0.2, 0.25) is 0 Å². The number of hydrogen-bond acceptors (Lipinski definition) is 1. The summed E-state index contributed by atoms with van der Waals surface area (Å²) in [5.41, 5.74) is 0. The molecule has 1 nitrogen and oxygen atoms in total. The summed E-state index contributed by atoms with van der Waals surface area (Å²) in [6, 6.07) is 0. The third kappa shape index (κ3) is 14.9. The lowest BCUT2D eigenvalue weighted by Gasteiger charge is -1.66. The van der Waals surface area contributed by atoms with Crippen molar-refractivity contribution < 1.29 is 4.80 Å². The summed E-state index contributed by atoms with van der Waals surface area (Å²) in [5.74, 6) is 0.